The lowest BCUT2D eigenvalue weighted by molar-refractivity contribution is -0.145. The van der Waals surface area contributed by atoms with Crippen molar-refractivity contribution in [1.29, 1.82) is 0 Å². The number of nitrogens with one attached hydrogen (secondary N) is 2. The molecule has 6 heterocycles. The molecule has 3 aliphatic heterocycles. The second-order valence-electron chi connectivity index (χ2n) is 18.6. The number of fused-ring (bicyclic) bond motifs is 3. The van der Waals surface area contributed by atoms with E-state index in [0.717, 1.165) is 54.0 Å². The van der Waals surface area contributed by atoms with Crippen LogP contribution in [0.15, 0.2) is 59.0 Å². The van der Waals surface area contributed by atoms with Crippen molar-refractivity contribution < 1.29 is 34.1 Å². The first-order valence-corrected chi connectivity index (χ1v) is 24.0. The highest BCUT2D eigenvalue weighted by Crippen LogP contribution is 2.40. The number of aryl methyl sites for hydroxylation is 3. The number of anilines is 1. The van der Waals surface area contributed by atoms with Gasteiger partial charge in [0.1, 0.15) is 35.6 Å². The third-order valence-corrected chi connectivity index (χ3v) is 14.9. The Kier molecular flexibility index (Phi) is 13.3. The van der Waals surface area contributed by atoms with E-state index in [1.807, 2.05) is 100 Å². The Balaban J connectivity index is 0.881. The molecule has 3 amide bonds. The van der Waals surface area contributed by atoms with Crippen LogP contribution in [-0.4, -0.2) is 115 Å². The molecule has 0 bridgehead atoms. The minimum atomic E-state index is -0.981. The van der Waals surface area contributed by atoms with Crippen LogP contribution in [0.25, 0.3) is 15.4 Å². The van der Waals surface area contributed by atoms with Gasteiger partial charge in [0.05, 0.1) is 46.5 Å². The molecule has 6 atom stereocenters. The van der Waals surface area contributed by atoms with Gasteiger partial charge in [0.15, 0.2) is 5.82 Å². The molecule has 8 rings (SSSR count). The Morgan fingerprint density at radius 3 is 2.33 bits per heavy atom. The summed E-state index contributed by atoms with van der Waals surface area (Å²) in [7, 11) is 0. The summed E-state index contributed by atoms with van der Waals surface area (Å²) < 4.78 is 8.07. The lowest BCUT2D eigenvalue weighted by Crippen LogP contribution is -2.58. The maximum absolute atomic E-state index is 14.2. The molecule has 5 aromatic rings. The second-order valence-corrected chi connectivity index (χ2v) is 20.6. The van der Waals surface area contributed by atoms with E-state index in [1.54, 1.807) is 22.7 Å². The van der Waals surface area contributed by atoms with Crippen LogP contribution in [0.2, 0.25) is 0 Å². The molecule has 0 saturated carbocycles. The topological polar surface area (TPSA) is 204 Å². The summed E-state index contributed by atoms with van der Waals surface area (Å²) in [5.41, 5.74) is 8.55. The number of aliphatic hydroxyl groups excluding tert-OH is 1. The van der Waals surface area contributed by atoms with Crippen molar-refractivity contribution in [1.82, 2.24) is 35.3 Å². The van der Waals surface area contributed by atoms with Gasteiger partial charge in [0, 0.05) is 47.7 Å². The van der Waals surface area contributed by atoms with Crippen LogP contribution in [0.5, 0.6) is 0 Å². The number of β-amino-alcohol motifs (C(OH)–C–C–N with tert-alkyl or cyclic N) is 1. The molecule has 0 radical (unpaired) electrons. The number of aromatic nitrogens is 4. The number of amides is 3. The molecule has 4 N–H and O–H groups in total. The van der Waals surface area contributed by atoms with Crippen molar-refractivity contribution in [2.24, 2.45) is 10.4 Å². The number of hydrogen-bond acceptors (Lipinski definition) is 13. The van der Waals surface area contributed by atoms with Gasteiger partial charge >= 0.3 is 5.97 Å². The second kappa shape index (κ2) is 18.8. The number of hydrogen-bond donors (Lipinski definition) is 4. The molecule has 2 aromatic carbocycles. The number of nitrogens with zero attached hydrogens (tertiary/aromatic N) is 7. The molecular weight excluding hydrogens is 879 g/mol. The summed E-state index contributed by atoms with van der Waals surface area (Å²) in [6.07, 6.45) is -0.575. The molecule has 0 spiro atoms. The van der Waals surface area contributed by atoms with Crippen LogP contribution in [0.4, 0.5) is 5.69 Å². The van der Waals surface area contributed by atoms with Gasteiger partial charge in [-0.05, 0) is 75.3 Å². The minimum Gasteiger partial charge on any atom is -0.481 e. The average Bonchev–Trinajstić information content (AvgIpc) is 4.12. The van der Waals surface area contributed by atoms with Crippen molar-refractivity contribution in [2.75, 3.05) is 31.1 Å². The van der Waals surface area contributed by atoms with E-state index in [-0.39, 0.29) is 44.0 Å². The Labute approximate surface area is 392 Å². The third-order valence-electron chi connectivity index (χ3n) is 12.8. The minimum absolute atomic E-state index is 0.0247. The highest BCUT2D eigenvalue weighted by molar-refractivity contribution is 7.15. The zero-order valence-corrected chi connectivity index (χ0v) is 40.1. The summed E-state index contributed by atoms with van der Waals surface area (Å²) in [6.45, 7) is 16.4. The summed E-state index contributed by atoms with van der Waals surface area (Å²) in [4.78, 5) is 68.7. The third kappa shape index (κ3) is 9.54. The molecule has 18 heteroatoms. The van der Waals surface area contributed by atoms with Gasteiger partial charge in [-0.1, -0.05) is 57.2 Å². The Morgan fingerprint density at radius 2 is 1.67 bits per heavy atom. The molecule has 3 aromatic heterocycles. The Hall–Kier alpha value is -5.82. The van der Waals surface area contributed by atoms with E-state index in [1.165, 1.54) is 4.90 Å². The van der Waals surface area contributed by atoms with E-state index in [4.69, 9.17) is 9.73 Å². The molecule has 2 saturated heterocycles. The molecule has 3 aliphatic rings. The van der Waals surface area contributed by atoms with Gasteiger partial charge in [-0.2, -0.15) is 0 Å². The number of thiazole rings is 1. The highest BCUT2D eigenvalue weighted by atomic mass is 32.1. The molecule has 66 heavy (non-hydrogen) atoms. The van der Waals surface area contributed by atoms with Crippen LogP contribution in [-0.2, 0) is 23.9 Å². The van der Waals surface area contributed by atoms with Crippen molar-refractivity contribution in [3.63, 3.8) is 0 Å². The SMILES string of the molecule is Cc1ncsc1-c1ccc(C(C)NC(=O)[C@@H]2C[C@@H](O)CN2C(=O)C(NC(=O)CO[C@H]2CCN(c3ccc(C4=N[C@@H](CC(=O)O)c5nnc(C)n5-c5sc(C)c(C)c54)cc3)C2)C(C)(C)C)cc1. The van der Waals surface area contributed by atoms with E-state index >= 15 is 0 Å². The van der Waals surface area contributed by atoms with Crippen molar-refractivity contribution in [3.8, 4) is 15.4 Å². The quantitative estimate of drug-likeness (QED) is 0.108. The normalized spacial score (nSPS) is 20.3. The number of aliphatic carboxylic acids is 1. The fourth-order valence-electron chi connectivity index (χ4n) is 9.03. The zero-order valence-electron chi connectivity index (χ0n) is 38.5. The van der Waals surface area contributed by atoms with Crippen molar-refractivity contribution in [3.05, 3.63) is 98.5 Å². The molecule has 0 aliphatic carbocycles. The van der Waals surface area contributed by atoms with Gasteiger partial charge in [-0.25, -0.2) is 4.98 Å². The average molecular weight is 936 g/mol. The first kappa shape index (κ1) is 46.7. The predicted octanol–water partition coefficient (Wildman–Crippen LogP) is 6.02. The van der Waals surface area contributed by atoms with Gasteiger partial charge in [0.2, 0.25) is 17.7 Å². The van der Waals surface area contributed by atoms with Crippen LogP contribution in [0.3, 0.4) is 0 Å². The summed E-state index contributed by atoms with van der Waals surface area (Å²) in [5, 5.41) is 36.0. The fraction of sp³-hybridized carbons (Fsp3) is 0.458. The molecule has 2 fully saturated rings. The number of carbonyl (C=O) groups excluding carboxylic acids is 3. The molecule has 16 nitrogen and oxygen atoms in total. The molecule has 348 valence electrons. The van der Waals surface area contributed by atoms with Crippen molar-refractivity contribution in [2.45, 2.75) is 111 Å². The van der Waals surface area contributed by atoms with Gasteiger partial charge in [-0.15, -0.1) is 32.9 Å². The number of rotatable bonds is 13. The van der Waals surface area contributed by atoms with E-state index in [9.17, 15) is 29.4 Å². The number of likely N-dealkylation sites (tertiary alicyclic amines) is 1. The van der Waals surface area contributed by atoms with E-state index < -0.39 is 47.4 Å². The number of ether oxygens (including phenoxy) is 1. The largest absolute Gasteiger partial charge is 0.481 e. The zero-order chi connectivity index (χ0) is 47.2. The standard InChI is InChI=1S/C48H57N9O7S2/c1-25-28(4)66-47-40(25)41(51-36(20-39(60)61)44-54-53-29(5)57(44)47)31-13-15-33(16-14-31)55-18-17-35(22-55)64-23-38(59)52-43(48(6,7)8)46(63)56-21-34(58)19-37(56)45(62)50-26(2)30-9-11-32(12-10-30)42-27(3)49-24-65-42/h9-16,24,26,34-37,43,58H,17-23H2,1-8H3,(H,50,62)(H,52,59)(H,60,61)/t26?,34-,35+,36+,37+,43?/m1/s1. The summed E-state index contributed by atoms with van der Waals surface area (Å²) >= 11 is 3.19. The number of aliphatic imine (C=N–C) groups is 1. The maximum Gasteiger partial charge on any atom is 0.306 e. The van der Waals surface area contributed by atoms with Gasteiger partial charge in [0.25, 0.3) is 0 Å². The number of carboxylic acids is 1. The first-order chi connectivity index (χ1) is 31.4. The Bertz CT molecular complexity index is 2670. The van der Waals surface area contributed by atoms with Gasteiger partial charge < -0.3 is 35.4 Å². The summed E-state index contributed by atoms with van der Waals surface area (Å²) in [5.74, 6) is -1.06. The number of benzene rings is 2. The Morgan fingerprint density at radius 1 is 0.955 bits per heavy atom. The predicted molar refractivity (Wildman–Crippen MR) is 253 cm³/mol. The fourth-order valence-corrected chi connectivity index (χ4v) is 11.1. The smallest absolute Gasteiger partial charge is 0.306 e. The summed E-state index contributed by atoms with van der Waals surface area (Å²) in [6, 6.07) is 13.0. The van der Waals surface area contributed by atoms with Crippen LogP contribution < -0.4 is 15.5 Å². The van der Waals surface area contributed by atoms with Gasteiger partial charge in [-0.3, -0.25) is 28.7 Å². The first-order valence-electron chi connectivity index (χ1n) is 22.3. The molecule has 2 unspecified atom stereocenters. The van der Waals surface area contributed by atoms with E-state index in [0.29, 0.717) is 36.9 Å². The van der Waals surface area contributed by atoms with Crippen LogP contribution in [0, 0.1) is 33.1 Å². The number of carboxylic acid groups (broad SMARTS) is 1. The number of carbonyl (C=O) groups is 4. The molecular formula is C48H57N9O7S2. The lowest BCUT2D eigenvalue weighted by Gasteiger charge is -2.35. The highest BCUT2D eigenvalue weighted by Gasteiger charge is 2.45. The van der Waals surface area contributed by atoms with E-state index in [2.05, 4.69) is 44.6 Å². The van der Waals surface area contributed by atoms with Crippen LogP contribution >= 0.6 is 22.7 Å². The number of thiophene rings is 1. The van der Waals surface area contributed by atoms with Crippen molar-refractivity contribution >= 4 is 57.8 Å². The van der Waals surface area contributed by atoms with Crippen LogP contribution in [0.1, 0.15) is 104 Å². The number of aliphatic hydroxyl groups is 1. The monoisotopic (exact) mass is 935 g/mol. The lowest BCUT2D eigenvalue weighted by atomic mass is 9.85. The maximum atomic E-state index is 14.2.